The van der Waals surface area contributed by atoms with Gasteiger partial charge in [-0.2, -0.15) is 0 Å². The zero-order chi connectivity index (χ0) is 17.5. The summed E-state index contributed by atoms with van der Waals surface area (Å²) in [5, 5.41) is 42.2. The van der Waals surface area contributed by atoms with Gasteiger partial charge < -0.3 is 25.5 Å². The van der Waals surface area contributed by atoms with Crippen molar-refractivity contribution in [3.8, 4) is 0 Å². The van der Waals surface area contributed by atoms with Gasteiger partial charge in [-0.05, 0) is 19.9 Å². The molecule has 22 heavy (non-hydrogen) atoms. The molecular formula is C14H25NO7. The Kier molecular flexibility index (Phi) is 14.6. The lowest BCUT2D eigenvalue weighted by atomic mass is 10.2. The second kappa shape index (κ2) is 14.2. The number of hydrogen-bond donors (Lipinski definition) is 5. The predicted octanol–water partition coefficient (Wildman–Crippen LogP) is -0.686. The van der Waals surface area contributed by atoms with E-state index < -0.39 is 11.9 Å². The highest BCUT2D eigenvalue weighted by atomic mass is 16.4. The van der Waals surface area contributed by atoms with E-state index in [0.717, 1.165) is 5.57 Å². The van der Waals surface area contributed by atoms with Crippen LogP contribution in [0.5, 0.6) is 0 Å². The van der Waals surface area contributed by atoms with Gasteiger partial charge in [0.05, 0.1) is 25.4 Å². The van der Waals surface area contributed by atoms with Gasteiger partial charge in [-0.25, -0.2) is 9.59 Å². The number of nitrogens with zero attached hydrogens (tertiary/aromatic N) is 1. The van der Waals surface area contributed by atoms with Crippen molar-refractivity contribution in [2.75, 3.05) is 39.5 Å². The summed E-state index contributed by atoms with van der Waals surface area (Å²) in [6.07, 6.45) is 1.96. The molecule has 0 aromatic rings. The Morgan fingerprint density at radius 1 is 0.864 bits per heavy atom. The van der Waals surface area contributed by atoms with E-state index in [-0.39, 0.29) is 25.4 Å². The summed E-state index contributed by atoms with van der Waals surface area (Å²) in [4.78, 5) is 22.3. The van der Waals surface area contributed by atoms with Crippen LogP contribution in [0.4, 0.5) is 0 Å². The minimum atomic E-state index is -1.26. The van der Waals surface area contributed by atoms with E-state index >= 15 is 0 Å². The highest BCUT2D eigenvalue weighted by molar-refractivity contribution is 5.97. The van der Waals surface area contributed by atoms with Gasteiger partial charge in [-0.3, -0.25) is 4.90 Å². The minimum Gasteiger partial charge on any atom is -0.478 e. The second-order valence-electron chi connectivity index (χ2n) is 4.48. The number of aliphatic hydroxyl groups excluding tert-OH is 3. The molecule has 0 aliphatic rings. The molecule has 0 aromatic heterocycles. The van der Waals surface area contributed by atoms with Gasteiger partial charge in [0.15, 0.2) is 0 Å². The van der Waals surface area contributed by atoms with Crippen molar-refractivity contribution in [2.45, 2.75) is 13.8 Å². The lowest BCUT2D eigenvalue weighted by molar-refractivity contribution is -0.134. The molecule has 0 rings (SSSR count). The molecule has 0 aliphatic carbocycles. The van der Waals surface area contributed by atoms with Crippen LogP contribution in [0.2, 0.25) is 0 Å². The molecule has 8 heteroatoms. The molecule has 128 valence electrons. The Morgan fingerprint density at radius 3 is 1.50 bits per heavy atom. The quantitative estimate of drug-likeness (QED) is 0.278. The molecule has 0 radical (unpaired) electrons. The lowest BCUT2D eigenvalue weighted by Crippen LogP contribution is -2.32. The van der Waals surface area contributed by atoms with E-state index in [1.807, 2.05) is 0 Å². The van der Waals surface area contributed by atoms with Crippen LogP contribution < -0.4 is 0 Å². The summed E-state index contributed by atoms with van der Waals surface area (Å²) in [6, 6.07) is 0. The maximum atomic E-state index is 10.4. The molecule has 0 fully saturated rings. The van der Waals surface area contributed by atoms with Crippen LogP contribution in [0.15, 0.2) is 23.3 Å². The number of carboxylic acid groups (broad SMARTS) is 2. The molecule has 5 N–H and O–H groups in total. The molecule has 0 aliphatic heterocycles. The first-order chi connectivity index (χ1) is 10.3. The second-order valence-corrected chi connectivity index (χ2v) is 4.48. The summed E-state index contributed by atoms with van der Waals surface area (Å²) in [7, 11) is 0. The Labute approximate surface area is 129 Å². The predicted molar refractivity (Wildman–Crippen MR) is 80.5 cm³/mol. The van der Waals surface area contributed by atoms with E-state index in [0.29, 0.717) is 25.7 Å². The average Bonchev–Trinajstić information content (AvgIpc) is 2.38. The largest absolute Gasteiger partial charge is 0.478 e. The topological polar surface area (TPSA) is 139 Å². The van der Waals surface area contributed by atoms with Gasteiger partial charge in [-0.15, -0.1) is 0 Å². The minimum absolute atomic E-state index is 0.0694. The van der Waals surface area contributed by atoms with Crippen LogP contribution in [0.1, 0.15) is 13.8 Å². The van der Waals surface area contributed by atoms with Gasteiger partial charge in [0.25, 0.3) is 0 Å². The molecular weight excluding hydrogens is 294 g/mol. The average molecular weight is 319 g/mol. The number of aliphatic hydroxyl groups is 3. The SMILES string of the molecule is CC(C)=C/C(=C/C(=O)O)C(=O)O.OCCN(CCO)CCO. The molecule has 0 unspecified atom stereocenters. The van der Waals surface area contributed by atoms with Crippen molar-refractivity contribution >= 4 is 11.9 Å². The lowest BCUT2D eigenvalue weighted by Gasteiger charge is -2.17. The first-order valence-corrected chi connectivity index (χ1v) is 6.66. The van der Waals surface area contributed by atoms with E-state index in [4.69, 9.17) is 25.5 Å². The van der Waals surface area contributed by atoms with E-state index in [2.05, 4.69) is 0 Å². The Hall–Kier alpha value is -1.74. The number of carbonyl (C=O) groups is 2. The van der Waals surface area contributed by atoms with Gasteiger partial charge >= 0.3 is 11.9 Å². The molecule has 0 saturated heterocycles. The summed E-state index contributed by atoms with van der Waals surface area (Å²) < 4.78 is 0. The third-order valence-electron chi connectivity index (χ3n) is 2.22. The molecule has 0 bridgehead atoms. The molecule has 0 spiro atoms. The summed E-state index contributed by atoms with van der Waals surface area (Å²) >= 11 is 0. The van der Waals surface area contributed by atoms with Crippen LogP contribution in [0.25, 0.3) is 0 Å². The third-order valence-corrected chi connectivity index (χ3v) is 2.22. The van der Waals surface area contributed by atoms with E-state index in [1.165, 1.54) is 6.08 Å². The fraction of sp³-hybridized carbons (Fsp3) is 0.571. The fourth-order valence-electron chi connectivity index (χ4n) is 1.37. The molecule has 0 saturated carbocycles. The van der Waals surface area contributed by atoms with Crippen molar-refractivity contribution in [2.24, 2.45) is 0 Å². The molecule has 0 aromatic carbocycles. The van der Waals surface area contributed by atoms with E-state index in [1.54, 1.807) is 18.7 Å². The number of rotatable bonds is 9. The van der Waals surface area contributed by atoms with Crippen molar-refractivity contribution in [1.82, 2.24) is 4.90 Å². The maximum absolute atomic E-state index is 10.4. The molecule has 0 heterocycles. The van der Waals surface area contributed by atoms with Gasteiger partial charge in [0, 0.05) is 25.7 Å². The Balaban J connectivity index is 0. The third kappa shape index (κ3) is 14.7. The zero-order valence-corrected chi connectivity index (χ0v) is 12.9. The van der Waals surface area contributed by atoms with Crippen LogP contribution >= 0.6 is 0 Å². The van der Waals surface area contributed by atoms with Crippen LogP contribution in [-0.4, -0.2) is 81.8 Å². The highest BCUT2D eigenvalue weighted by Crippen LogP contribution is 2.01. The molecule has 8 nitrogen and oxygen atoms in total. The standard InChI is InChI=1S/C8H10O4.C6H15NO3/c1-5(2)3-6(8(11)12)4-7(9)10;8-4-1-7(2-5-9)3-6-10/h3-4H,1-2H3,(H,9,10)(H,11,12);8-10H,1-6H2/b6-4-;. The van der Waals surface area contributed by atoms with E-state index in [9.17, 15) is 9.59 Å². The number of hydrogen-bond acceptors (Lipinski definition) is 6. The van der Waals surface area contributed by atoms with Gasteiger partial charge in [0.1, 0.15) is 0 Å². The number of carboxylic acids is 2. The Bertz CT molecular complexity index is 372. The molecule has 0 amide bonds. The summed E-state index contributed by atoms with van der Waals surface area (Å²) in [6.45, 7) is 5.14. The summed E-state index contributed by atoms with van der Waals surface area (Å²) in [5.74, 6) is -2.50. The summed E-state index contributed by atoms with van der Waals surface area (Å²) in [5.41, 5.74) is 0.521. The maximum Gasteiger partial charge on any atom is 0.335 e. The van der Waals surface area contributed by atoms with Crippen molar-refractivity contribution in [3.05, 3.63) is 23.3 Å². The normalized spacial score (nSPS) is 10.7. The highest BCUT2D eigenvalue weighted by Gasteiger charge is 2.05. The monoisotopic (exact) mass is 319 g/mol. The first kappa shape index (κ1) is 22.5. The number of aliphatic carboxylic acids is 2. The smallest absolute Gasteiger partial charge is 0.335 e. The molecule has 0 atom stereocenters. The van der Waals surface area contributed by atoms with Crippen molar-refractivity contribution < 1.29 is 35.1 Å². The first-order valence-electron chi connectivity index (χ1n) is 6.66. The van der Waals surface area contributed by atoms with Crippen LogP contribution in [-0.2, 0) is 9.59 Å². The van der Waals surface area contributed by atoms with Gasteiger partial charge in [0.2, 0.25) is 0 Å². The van der Waals surface area contributed by atoms with Crippen LogP contribution in [0, 0.1) is 0 Å². The van der Waals surface area contributed by atoms with Crippen molar-refractivity contribution in [3.63, 3.8) is 0 Å². The van der Waals surface area contributed by atoms with Crippen LogP contribution in [0.3, 0.4) is 0 Å². The Morgan fingerprint density at radius 2 is 1.27 bits per heavy atom. The van der Waals surface area contributed by atoms with Crippen molar-refractivity contribution in [1.29, 1.82) is 0 Å². The van der Waals surface area contributed by atoms with Gasteiger partial charge in [-0.1, -0.05) is 5.57 Å². The number of allylic oxidation sites excluding steroid dienone is 1. The fourth-order valence-corrected chi connectivity index (χ4v) is 1.37. The zero-order valence-electron chi connectivity index (χ0n) is 12.9.